The zero-order valence-electron chi connectivity index (χ0n) is 14.6. The van der Waals surface area contributed by atoms with Crippen LogP contribution < -0.4 is 10.1 Å². The van der Waals surface area contributed by atoms with Crippen LogP contribution in [0.1, 0.15) is 16.1 Å². The molecule has 7 nitrogen and oxygen atoms in total. The molecule has 0 unspecified atom stereocenters. The lowest BCUT2D eigenvalue weighted by Crippen LogP contribution is -1.96. The number of thiazole rings is 1. The van der Waals surface area contributed by atoms with Crippen LogP contribution in [0.4, 0.5) is 10.8 Å². The van der Waals surface area contributed by atoms with Gasteiger partial charge in [-0.2, -0.15) is 0 Å². The van der Waals surface area contributed by atoms with E-state index in [9.17, 15) is 4.79 Å². The van der Waals surface area contributed by atoms with Crippen LogP contribution >= 0.6 is 11.3 Å². The van der Waals surface area contributed by atoms with E-state index in [0.29, 0.717) is 0 Å². The lowest BCUT2D eigenvalue weighted by atomic mass is 10.2. The van der Waals surface area contributed by atoms with Crippen molar-refractivity contribution in [1.29, 1.82) is 0 Å². The van der Waals surface area contributed by atoms with Crippen LogP contribution in [-0.4, -0.2) is 32.6 Å². The Morgan fingerprint density at radius 1 is 1.22 bits per heavy atom. The third-order valence-electron chi connectivity index (χ3n) is 4.14. The number of rotatable bonds is 5. The topological polar surface area (TPSA) is 88.8 Å². The number of aryl methyl sites for hydroxylation is 1. The number of carboxylic acid groups (broad SMARTS) is 1. The van der Waals surface area contributed by atoms with E-state index in [2.05, 4.69) is 15.3 Å². The monoisotopic (exact) mass is 380 g/mol. The number of pyridine rings is 1. The Balaban J connectivity index is 1.63. The highest BCUT2D eigenvalue weighted by molar-refractivity contribution is 7.14. The van der Waals surface area contributed by atoms with Crippen LogP contribution in [0.2, 0.25) is 0 Å². The van der Waals surface area contributed by atoms with Crippen LogP contribution in [0.25, 0.3) is 17.0 Å². The Kier molecular flexibility index (Phi) is 4.25. The van der Waals surface area contributed by atoms with E-state index in [-0.39, 0.29) is 5.56 Å². The molecule has 0 fully saturated rings. The molecule has 0 radical (unpaired) electrons. The van der Waals surface area contributed by atoms with Crippen LogP contribution in [0.15, 0.2) is 48.0 Å². The summed E-state index contributed by atoms with van der Waals surface area (Å²) in [7, 11) is 1.63. The van der Waals surface area contributed by atoms with Gasteiger partial charge in [0.25, 0.3) is 0 Å². The van der Waals surface area contributed by atoms with E-state index >= 15 is 0 Å². The molecule has 1 aromatic carbocycles. The number of imidazole rings is 1. The number of hydrogen-bond donors (Lipinski definition) is 2. The highest BCUT2D eigenvalue weighted by Crippen LogP contribution is 2.30. The first-order chi connectivity index (χ1) is 13.0. The van der Waals surface area contributed by atoms with Gasteiger partial charge in [-0.3, -0.25) is 4.40 Å². The number of anilines is 2. The van der Waals surface area contributed by atoms with Crippen molar-refractivity contribution in [3.05, 3.63) is 59.2 Å². The third kappa shape index (κ3) is 3.22. The maximum Gasteiger partial charge on any atom is 0.335 e. The molecule has 0 saturated carbocycles. The highest BCUT2D eigenvalue weighted by atomic mass is 32.1. The number of fused-ring (bicyclic) bond motifs is 1. The number of nitrogens with one attached hydrogen (secondary N) is 1. The molecule has 136 valence electrons. The summed E-state index contributed by atoms with van der Waals surface area (Å²) in [6.45, 7) is 1.95. The summed E-state index contributed by atoms with van der Waals surface area (Å²) < 4.78 is 7.24. The van der Waals surface area contributed by atoms with Crippen LogP contribution in [0.5, 0.6) is 5.75 Å². The average molecular weight is 380 g/mol. The molecule has 4 rings (SSSR count). The Morgan fingerprint density at radius 2 is 2.00 bits per heavy atom. The molecule has 0 aliphatic rings. The molecule has 0 aliphatic heterocycles. The minimum absolute atomic E-state index is 0.247. The summed E-state index contributed by atoms with van der Waals surface area (Å²) in [5.41, 5.74) is 4.45. The van der Waals surface area contributed by atoms with Crippen molar-refractivity contribution in [2.45, 2.75) is 6.92 Å². The van der Waals surface area contributed by atoms with Crippen LogP contribution in [-0.2, 0) is 0 Å². The molecule has 4 aromatic rings. The zero-order valence-corrected chi connectivity index (χ0v) is 15.4. The molecule has 0 bridgehead atoms. The second-order valence-electron chi connectivity index (χ2n) is 5.89. The molecule has 3 aromatic heterocycles. The predicted octanol–water partition coefficient (Wildman–Crippen LogP) is 4.22. The summed E-state index contributed by atoms with van der Waals surface area (Å²) in [6.07, 6.45) is 1.92. The van der Waals surface area contributed by atoms with Crippen molar-refractivity contribution in [3.63, 3.8) is 0 Å². The van der Waals surface area contributed by atoms with E-state index in [1.807, 2.05) is 35.0 Å². The molecule has 0 amide bonds. The van der Waals surface area contributed by atoms with E-state index in [0.717, 1.165) is 39.3 Å². The maximum atomic E-state index is 10.9. The van der Waals surface area contributed by atoms with Gasteiger partial charge in [-0.25, -0.2) is 14.8 Å². The minimum atomic E-state index is -0.946. The zero-order chi connectivity index (χ0) is 19.0. The van der Waals surface area contributed by atoms with Crippen molar-refractivity contribution in [2.24, 2.45) is 0 Å². The molecule has 27 heavy (non-hydrogen) atoms. The van der Waals surface area contributed by atoms with Crippen LogP contribution in [0.3, 0.4) is 0 Å². The number of carbonyl (C=O) groups is 1. The average Bonchev–Trinajstić information content (AvgIpc) is 3.24. The van der Waals surface area contributed by atoms with E-state index < -0.39 is 5.97 Å². The first-order valence-electron chi connectivity index (χ1n) is 8.14. The van der Waals surface area contributed by atoms with Gasteiger partial charge in [0.1, 0.15) is 17.1 Å². The summed E-state index contributed by atoms with van der Waals surface area (Å²) >= 11 is 1.47. The highest BCUT2D eigenvalue weighted by Gasteiger charge is 2.15. The first-order valence-corrected chi connectivity index (χ1v) is 9.02. The molecule has 0 saturated heterocycles. The molecular formula is C19H16N4O3S. The van der Waals surface area contributed by atoms with Crippen LogP contribution in [0, 0.1) is 6.92 Å². The van der Waals surface area contributed by atoms with Gasteiger partial charge in [0.15, 0.2) is 5.13 Å². The van der Waals surface area contributed by atoms with Crippen molar-refractivity contribution in [2.75, 3.05) is 12.4 Å². The summed E-state index contributed by atoms with van der Waals surface area (Å²) in [6, 6.07) is 10.3. The molecule has 0 atom stereocenters. The van der Waals surface area contributed by atoms with Gasteiger partial charge in [-0.15, -0.1) is 11.3 Å². The van der Waals surface area contributed by atoms with Crippen molar-refractivity contribution < 1.29 is 14.6 Å². The first kappa shape index (κ1) is 17.0. The lowest BCUT2D eigenvalue weighted by molar-refractivity contribution is 0.0697. The van der Waals surface area contributed by atoms with Crippen molar-refractivity contribution in [1.82, 2.24) is 14.4 Å². The fraction of sp³-hybridized carbons (Fsp3) is 0.105. The van der Waals surface area contributed by atoms with Gasteiger partial charge in [0.2, 0.25) is 0 Å². The normalized spacial score (nSPS) is 10.9. The Bertz CT molecular complexity index is 1130. The van der Waals surface area contributed by atoms with E-state index in [1.165, 1.54) is 11.3 Å². The summed E-state index contributed by atoms with van der Waals surface area (Å²) in [5, 5.41) is 14.9. The van der Waals surface area contributed by atoms with Gasteiger partial charge >= 0.3 is 5.97 Å². The number of aromatic carboxylic acids is 1. The number of methoxy groups -OCH3 is 1. The van der Waals surface area contributed by atoms with Gasteiger partial charge in [-0.05, 0) is 37.3 Å². The summed E-state index contributed by atoms with van der Waals surface area (Å²) in [5.74, 6) is -0.192. The number of nitrogens with zero attached hydrogens (tertiary/aromatic N) is 3. The van der Waals surface area contributed by atoms with Gasteiger partial charge in [0, 0.05) is 23.3 Å². The number of aromatic nitrogens is 3. The van der Waals surface area contributed by atoms with E-state index in [1.54, 1.807) is 31.4 Å². The minimum Gasteiger partial charge on any atom is -0.497 e. The lowest BCUT2D eigenvalue weighted by Gasteiger charge is -2.03. The Labute approximate surface area is 158 Å². The smallest absolute Gasteiger partial charge is 0.335 e. The largest absolute Gasteiger partial charge is 0.497 e. The Hall–Kier alpha value is -3.39. The third-order valence-corrected chi connectivity index (χ3v) is 4.90. The SMILES string of the molecule is COc1ccn2c(-c3csc(Nc4ccc(C(=O)O)cc4)n3)c(C)nc2c1. The number of carboxylic acids is 1. The maximum absolute atomic E-state index is 10.9. The second-order valence-corrected chi connectivity index (χ2v) is 6.74. The second kappa shape index (κ2) is 6.73. The van der Waals surface area contributed by atoms with Gasteiger partial charge in [-0.1, -0.05) is 0 Å². The molecular weight excluding hydrogens is 364 g/mol. The molecule has 0 aliphatic carbocycles. The number of benzene rings is 1. The summed E-state index contributed by atoms with van der Waals surface area (Å²) in [4.78, 5) is 20.2. The van der Waals surface area contributed by atoms with Gasteiger partial charge < -0.3 is 15.2 Å². The number of hydrogen-bond acceptors (Lipinski definition) is 6. The quantitative estimate of drug-likeness (QED) is 0.539. The van der Waals surface area contributed by atoms with Gasteiger partial charge in [0.05, 0.1) is 24.1 Å². The number of ether oxygens (including phenoxy) is 1. The Morgan fingerprint density at radius 3 is 2.70 bits per heavy atom. The standard InChI is InChI=1S/C19H16N4O3S/c1-11-17(23-8-7-14(26-2)9-16(23)20-11)15-10-27-19(22-15)21-13-5-3-12(4-6-13)18(24)25/h3-10H,1-2H3,(H,21,22)(H,24,25). The fourth-order valence-corrected chi connectivity index (χ4v) is 3.55. The predicted molar refractivity (Wildman–Crippen MR) is 104 cm³/mol. The molecule has 0 spiro atoms. The van der Waals surface area contributed by atoms with Crippen molar-refractivity contribution in [3.8, 4) is 17.1 Å². The van der Waals surface area contributed by atoms with Crippen molar-refractivity contribution >= 4 is 33.8 Å². The fourth-order valence-electron chi connectivity index (χ4n) is 2.84. The molecule has 3 heterocycles. The molecule has 8 heteroatoms. The van der Waals surface area contributed by atoms with E-state index in [4.69, 9.17) is 9.84 Å². The molecule has 2 N–H and O–H groups in total.